The van der Waals surface area contributed by atoms with Crippen LogP contribution in [0.1, 0.15) is 58.7 Å². The summed E-state index contributed by atoms with van der Waals surface area (Å²) in [6.07, 6.45) is -4.53. The average molecular weight is 646 g/mol. The second-order valence-electron chi connectivity index (χ2n) is 10.6. The van der Waals surface area contributed by atoms with Gasteiger partial charge in [-0.1, -0.05) is 36.4 Å². The van der Waals surface area contributed by atoms with E-state index in [2.05, 4.69) is 10.3 Å². The molecule has 0 bridgehead atoms. The van der Waals surface area contributed by atoms with Crippen LogP contribution >= 0.6 is 11.8 Å². The molecule has 2 aliphatic rings. The summed E-state index contributed by atoms with van der Waals surface area (Å²) in [4.78, 5) is 41.2. The van der Waals surface area contributed by atoms with Crippen LogP contribution in [0.5, 0.6) is 0 Å². The molecule has 1 aromatic heterocycles. The Labute approximate surface area is 260 Å². The minimum atomic E-state index is -5.08. The summed E-state index contributed by atoms with van der Waals surface area (Å²) in [7, 11) is 0. The molecule has 4 atom stereocenters. The zero-order valence-electron chi connectivity index (χ0n) is 23.8. The fourth-order valence-electron chi connectivity index (χ4n) is 5.30. The molecule has 3 heterocycles. The number of amides is 2. The molecule has 10 nitrogen and oxygen atoms in total. The first-order chi connectivity index (χ1) is 21.5. The van der Waals surface area contributed by atoms with Crippen LogP contribution in [0.15, 0.2) is 71.9 Å². The molecule has 14 heteroatoms. The molecule has 2 aliphatic heterocycles. The van der Waals surface area contributed by atoms with E-state index in [1.807, 2.05) is 12.1 Å². The molecule has 3 aromatic rings. The van der Waals surface area contributed by atoms with Crippen LogP contribution in [-0.4, -0.2) is 68.5 Å². The van der Waals surface area contributed by atoms with Gasteiger partial charge in [0.1, 0.15) is 11.1 Å². The van der Waals surface area contributed by atoms with Crippen molar-refractivity contribution in [1.29, 1.82) is 0 Å². The summed E-state index contributed by atoms with van der Waals surface area (Å²) in [5.41, 5.74) is 2.45. The zero-order chi connectivity index (χ0) is 32.1. The van der Waals surface area contributed by atoms with Gasteiger partial charge in [-0.25, -0.2) is 9.78 Å². The van der Waals surface area contributed by atoms with E-state index in [1.54, 1.807) is 42.5 Å². The number of rotatable bonds is 9. The number of aromatic nitrogens is 1. The lowest BCUT2D eigenvalue weighted by molar-refractivity contribution is -0.245. The van der Waals surface area contributed by atoms with Crippen molar-refractivity contribution in [3.8, 4) is 0 Å². The Morgan fingerprint density at radius 2 is 1.82 bits per heavy atom. The second-order valence-corrected chi connectivity index (χ2v) is 11.6. The van der Waals surface area contributed by atoms with E-state index in [9.17, 15) is 37.8 Å². The van der Waals surface area contributed by atoms with Gasteiger partial charge in [0.15, 0.2) is 6.29 Å². The van der Waals surface area contributed by atoms with Gasteiger partial charge in [0.25, 0.3) is 0 Å². The summed E-state index contributed by atoms with van der Waals surface area (Å²) >= 11 is 1.24. The third kappa shape index (κ3) is 7.82. The maximum atomic E-state index is 13.1. The van der Waals surface area contributed by atoms with Crippen molar-refractivity contribution in [2.45, 2.75) is 61.6 Å². The van der Waals surface area contributed by atoms with Crippen molar-refractivity contribution < 1.29 is 47.2 Å². The smallest absolute Gasteiger partial charge is 0.471 e. The largest absolute Gasteiger partial charge is 0.478 e. The number of nitrogens with one attached hydrogen (secondary N) is 1. The van der Waals surface area contributed by atoms with E-state index in [1.165, 1.54) is 24.0 Å². The maximum absolute atomic E-state index is 13.1. The van der Waals surface area contributed by atoms with Crippen molar-refractivity contribution >= 4 is 35.2 Å². The topological polar surface area (TPSA) is 138 Å². The molecule has 3 N–H and O–H groups in total. The Bertz CT molecular complexity index is 1540. The number of carbonyl (C=O) groups is 3. The summed E-state index contributed by atoms with van der Waals surface area (Å²) in [5, 5.41) is 22.0. The molecule has 2 amide bonds. The number of aliphatic hydroxyl groups excluding tert-OH is 1. The molecule has 2 aromatic carbocycles. The first-order valence-electron chi connectivity index (χ1n) is 14.1. The monoisotopic (exact) mass is 645 g/mol. The minimum Gasteiger partial charge on any atom is -0.478 e. The molecule has 0 radical (unpaired) electrons. The third-order valence-electron chi connectivity index (χ3n) is 7.51. The number of carboxylic acids is 1. The van der Waals surface area contributed by atoms with Crippen molar-refractivity contribution in [3.63, 3.8) is 0 Å². The molecule has 2 fully saturated rings. The highest BCUT2D eigenvalue weighted by Gasteiger charge is 2.47. The van der Waals surface area contributed by atoms with Gasteiger partial charge in [0.05, 0.1) is 24.4 Å². The van der Waals surface area contributed by atoms with Gasteiger partial charge in [-0.05, 0) is 48.2 Å². The van der Waals surface area contributed by atoms with E-state index in [0.29, 0.717) is 27.7 Å². The number of likely N-dealkylation sites (tertiary alicyclic amines) is 1. The van der Waals surface area contributed by atoms with Gasteiger partial charge in [-0.3, -0.25) is 9.59 Å². The Kier molecular flexibility index (Phi) is 10.1. The first kappa shape index (κ1) is 32.4. The number of hydrogen-bond acceptors (Lipinski definition) is 8. The SMILES string of the molecule is O=C(O)c1cccnc1SC[C@@H]1C[C@H](c2ccc(CO)cc2)O[C@H](c2cccc(NC(=O)[C@@H]3CCCN3C(=O)C(F)(F)F)c2)O1. The minimum absolute atomic E-state index is 0.0726. The lowest BCUT2D eigenvalue weighted by atomic mass is 10.0. The van der Waals surface area contributed by atoms with Crippen molar-refractivity contribution in [2.75, 3.05) is 17.6 Å². The highest BCUT2D eigenvalue weighted by Crippen LogP contribution is 2.40. The number of aromatic carboxylic acids is 1. The lowest BCUT2D eigenvalue weighted by Gasteiger charge is -2.36. The van der Waals surface area contributed by atoms with Crippen LogP contribution in [0, 0.1) is 0 Å². The van der Waals surface area contributed by atoms with E-state index >= 15 is 0 Å². The molecule has 238 valence electrons. The van der Waals surface area contributed by atoms with Gasteiger partial charge in [0, 0.05) is 36.2 Å². The van der Waals surface area contributed by atoms with Crippen molar-refractivity contribution in [1.82, 2.24) is 9.88 Å². The van der Waals surface area contributed by atoms with Gasteiger partial charge in [-0.15, -0.1) is 11.8 Å². The van der Waals surface area contributed by atoms with Crippen LogP contribution in [0.2, 0.25) is 0 Å². The number of hydrogen-bond donors (Lipinski definition) is 3. The Morgan fingerprint density at radius 3 is 2.53 bits per heavy atom. The number of nitrogens with zero attached hydrogens (tertiary/aromatic N) is 2. The molecule has 0 unspecified atom stereocenters. The molecule has 45 heavy (non-hydrogen) atoms. The Hall–Kier alpha value is -3.98. The maximum Gasteiger partial charge on any atom is 0.471 e. The number of ether oxygens (including phenoxy) is 2. The fraction of sp³-hybridized carbons (Fsp3) is 0.355. The number of anilines is 1. The summed E-state index contributed by atoms with van der Waals surface area (Å²) in [5.74, 6) is -3.51. The second kappa shape index (κ2) is 14.0. The summed E-state index contributed by atoms with van der Waals surface area (Å²) in [6, 6.07) is 15.5. The zero-order valence-corrected chi connectivity index (χ0v) is 24.6. The van der Waals surface area contributed by atoms with E-state index < -0.39 is 48.5 Å². The van der Waals surface area contributed by atoms with Crippen LogP contribution in [0.25, 0.3) is 0 Å². The first-order valence-corrected chi connectivity index (χ1v) is 15.1. The normalized spacial score (nSPS) is 21.8. The summed E-state index contributed by atoms with van der Waals surface area (Å²) in [6.45, 7) is -0.277. The molecule has 0 spiro atoms. The lowest BCUT2D eigenvalue weighted by Crippen LogP contribution is -2.48. The molecule has 5 rings (SSSR count). The number of carbonyl (C=O) groups excluding carboxylic acids is 2. The predicted octanol–water partition coefficient (Wildman–Crippen LogP) is 5.10. The number of thioether (sulfide) groups is 1. The Balaban J connectivity index is 1.34. The van der Waals surface area contributed by atoms with Crippen LogP contribution in [0.4, 0.5) is 18.9 Å². The standard InChI is InChI=1S/C31H30F3N3O7S/c32-31(33,34)30(42)37-13-3-7-24(37)26(39)36-21-5-1-4-20(14-21)29-43-22(17-45-27-23(28(40)41)6-2-12-35-27)15-25(44-29)19-10-8-18(16-38)9-11-19/h1-2,4-6,8-12,14,22,24-25,29,38H,3,7,13,15-17H2,(H,36,39)(H,40,41)/t22-,24-,25+,29+/m0/s1. The van der Waals surface area contributed by atoms with Crippen LogP contribution < -0.4 is 5.32 Å². The number of alkyl halides is 3. The predicted molar refractivity (Wildman–Crippen MR) is 156 cm³/mol. The van der Waals surface area contributed by atoms with Gasteiger partial charge in [-0.2, -0.15) is 13.2 Å². The van der Waals surface area contributed by atoms with Crippen molar-refractivity contribution in [3.05, 3.63) is 89.1 Å². The Morgan fingerprint density at radius 1 is 1.04 bits per heavy atom. The highest BCUT2D eigenvalue weighted by molar-refractivity contribution is 7.99. The number of halogens is 3. The third-order valence-corrected chi connectivity index (χ3v) is 8.64. The molecular formula is C31H30F3N3O7S. The van der Waals surface area contributed by atoms with Crippen molar-refractivity contribution in [2.24, 2.45) is 0 Å². The fourth-order valence-corrected chi connectivity index (χ4v) is 6.30. The number of aliphatic hydroxyl groups is 1. The van der Waals surface area contributed by atoms with E-state index in [-0.39, 0.29) is 37.2 Å². The molecular weight excluding hydrogens is 615 g/mol. The summed E-state index contributed by atoms with van der Waals surface area (Å²) < 4.78 is 51.8. The van der Waals surface area contributed by atoms with E-state index in [0.717, 1.165) is 11.1 Å². The van der Waals surface area contributed by atoms with Crippen LogP contribution in [0.3, 0.4) is 0 Å². The number of pyridine rings is 1. The van der Waals surface area contributed by atoms with E-state index in [4.69, 9.17) is 9.47 Å². The molecule has 0 saturated carbocycles. The van der Waals surface area contributed by atoms with Gasteiger partial charge in [0.2, 0.25) is 5.91 Å². The van der Waals surface area contributed by atoms with Gasteiger partial charge >= 0.3 is 18.1 Å². The molecule has 0 aliphatic carbocycles. The van der Waals surface area contributed by atoms with Crippen LogP contribution in [-0.2, 0) is 25.7 Å². The molecule has 2 saturated heterocycles. The van der Waals surface area contributed by atoms with Gasteiger partial charge < -0.3 is 29.9 Å². The quantitative estimate of drug-likeness (QED) is 0.271. The average Bonchev–Trinajstić information content (AvgIpc) is 3.53. The number of carboxylic acid groups (broad SMARTS) is 1. The number of benzene rings is 2. The highest BCUT2D eigenvalue weighted by atomic mass is 32.2.